The van der Waals surface area contributed by atoms with Gasteiger partial charge in [0.25, 0.3) is 0 Å². The van der Waals surface area contributed by atoms with Crippen LogP contribution in [0.25, 0.3) is 0 Å². The Bertz CT molecular complexity index is 217. The van der Waals surface area contributed by atoms with Crippen molar-refractivity contribution in [2.24, 2.45) is 0 Å². The van der Waals surface area contributed by atoms with Crippen molar-refractivity contribution in [3.8, 4) is 5.88 Å². The van der Waals surface area contributed by atoms with Gasteiger partial charge >= 0.3 is 0 Å². The van der Waals surface area contributed by atoms with E-state index in [0.29, 0.717) is 6.61 Å². The lowest BCUT2D eigenvalue weighted by molar-refractivity contribution is 0.318. The summed E-state index contributed by atoms with van der Waals surface area (Å²) in [5.41, 5.74) is 0. The van der Waals surface area contributed by atoms with Gasteiger partial charge in [0, 0.05) is 0 Å². The van der Waals surface area contributed by atoms with Gasteiger partial charge < -0.3 is 4.74 Å². The van der Waals surface area contributed by atoms with Crippen molar-refractivity contribution in [2.75, 3.05) is 6.61 Å². The molecule has 0 aromatic carbocycles. The number of nitrogens with zero attached hydrogens (tertiary/aromatic N) is 2. The van der Waals surface area contributed by atoms with Gasteiger partial charge in [0.05, 0.1) is 19.0 Å². The van der Waals surface area contributed by atoms with Gasteiger partial charge in [-0.25, -0.2) is 0 Å². The van der Waals surface area contributed by atoms with Crippen molar-refractivity contribution in [3.63, 3.8) is 0 Å². The van der Waals surface area contributed by atoms with Crippen molar-refractivity contribution in [2.45, 2.75) is 6.92 Å². The molecule has 0 aliphatic carbocycles. The van der Waals surface area contributed by atoms with Crippen LogP contribution in [0.2, 0.25) is 0 Å². The molecule has 0 aliphatic heterocycles. The Hall–Kier alpha value is -1.19. The van der Waals surface area contributed by atoms with Crippen LogP contribution >= 0.6 is 0 Å². The fourth-order valence-electron chi connectivity index (χ4n) is 0.543. The molecule has 1 aromatic heterocycles. The van der Waals surface area contributed by atoms with Crippen LogP contribution in [0.4, 0.5) is 4.39 Å². The molecule has 1 heterocycles. The molecule has 0 N–H and O–H groups in total. The lowest BCUT2D eigenvalue weighted by Crippen LogP contribution is -1.96. The Labute approximate surface area is 57.9 Å². The first-order valence-corrected chi connectivity index (χ1v) is 2.93. The molecule has 0 spiro atoms. The summed E-state index contributed by atoms with van der Waals surface area (Å²) in [6, 6.07) is 0. The van der Waals surface area contributed by atoms with Crippen molar-refractivity contribution in [1.29, 1.82) is 0 Å². The fourth-order valence-corrected chi connectivity index (χ4v) is 0.543. The lowest BCUT2D eigenvalue weighted by Gasteiger charge is -1.98. The Morgan fingerprint density at radius 1 is 1.60 bits per heavy atom. The predicted octanol–water partition coefficient (Wildman–Crippen LogP) is 1.01. The van der Waals surface area contributed by atoms with Gasteiger partial charge in [-0.1, -0.05) is 0 Å². The summed E-state index contributed by atoms with van der Waals surface area (Å²) in [7, 11) is 0. The predicted molar refractivity (Wildman–Crippen MR) is 33.2 cm³/mol. The Morgan fingerprint density at radius 2 is 2.40 bits per heavy atom. The average molecular weight is 142 g/mol. The Kier molecular flexibility index (Phi) is 2.15. The largest absolute Gasteiger partial charge is 0.477 e. The van der Waals surface area contributed by atoms with E-state index in [1.54, 1.807) is 6.92 Å². The summed E-state index contributed by atoms with van der Waals surface area (Å²) in [5.74, 6) is -0.395. The summed E-state index contributed by atoms with van der Waals surface area (Å²) >= 11 is 0. The molecule has 54 valence electrons. The minimum Gasteiger partial charge on any atom is -0.477 e. The van der Waals surface area contributed by atoms with E-state index in [-0.39, 0.29) is 5.88 Å². The third kappa shape index (κ3) is 1.65. The van der Waals surface area contributed by atoms with Crippen LogP contribution in [0.3, 0.4) is 0 Å². The summed E-state index contributed by atoms with van der Waals surface area (Å²) in [6.45, 7) is 2.27. The maximum atomic E-state index is 12.2. The second-order valence-electron chi connectivity index (χ2n) is 1.61. The van der Waals surface area contributed by atoms with E-state index in [1.807, 2.05) is 0 Å². The van der Waals surface area contributed by atoms with E-state index >= 15 is 0 Å². The Morgan fingerprint density at radius 3 is 3.00 bits per heavy atom. The van der Waals surface area contributed by atoms with Crippen molar-refractivity contribution in [3.05, 3.63) is 18.3 Å². The van der Waals surface area contributed by atoms with Crippen LogP contribution in [0.5, 0.6) is 5.88 Å². The number of hydrogen-bond acceptors (Lipinski definition) is 3. The number of halogens is 1. The third-order valence-corrected chi connectivity index (χ3v) is 0.875. The van der Waals surface area contributed by atoms with Gasteiger partial charge in [0.1, 0.15) is 0 Å². The van der Waals surface area contributed by atoms with E-state index in [9.17, 15) is 4.39 Å². The van der Waals surface area contributed by atoms with E-state index in [2.05, 4.69) is 9.97 Å². The molecule has 0 fully saturated rings. The van der Waals surface area contributed by atoms with Crippen LogP contribution < -0.4 is 4.74 Å². The third-order valence-electron chi connectivity index (χ3n) is 0.875. The van der Waals surface area contributed by atoms with Crippen LogP contribution in [0.1, 0.15) is 6.92 Å². The standard InChI is InChI=1S/C6H7FN2O/c1-2-10-6-4-8-3-5(7)9-6/h3-4H,2H2,1H3. The Balaban J connectivity index is 2.75. The molecule has 0 bridgehead atoms. The topological polar surface area (TPSA) is 35.0 Å². The molecule has 4 heteroatoms. The second-order valence-corrected chi connectivity index (χ2v) is 1.61. The summed E-state index contributed by atoms with van der Waals surface area (Å²) < 4.78 is 17.1. The fraction of sp³-hybridized carbons (Fsp3) is 0.333. The molecule has 1 rings (SSSR count). The molecule has 0 atom stereocenters. The van der Waals surface area contributed by atoms with E-state index in [4.69, 9.17) is 4.74 Å². The number of ether oxygens (including phenoxy) is 1. The quantitative estimate of drug-likeness (QED) is 0.618. The van der Waals surface area contributed by atoms with Crippen LogP contribution in [-0.4, -0.2) is 16.6 Å². The van der Waals surface area contributed by atoms with Gasteiger partial charge in [-0.05, 0) is 6.92 Å². The minimum atomic E-state index is -0.619. The van der Waals surface area contributed by atoms with Gasteiger partial charge in [-0.2, -0.15) is 9.37 Å². The van der Waals surface area contributed by atoms with Crippen LogP contribution in [0, 0.1) is 5.95 Å². The monoisotopic (exact) mass is 142 g/mol. The summed E-state index contributed by atoms with van der Waals surface area (Å²) in [6.07, 6.45) is 2.40. The molecule has 0 saturated carbocycles. The summed E-state index contributed by atoms with van der Waals surface area (Å²) in [4.78, 5) is 6.95. The molecule has 0 amide bonds. The highest BCUT2D eigenvalue weighted by atomic mass is 19.1. The highest BCUT2D eigenvalue weighted by Gasteiger charge is 1.94. The van der Waals surface area contributed by atoms with E-state index in [1.165, 1.54) is 6.20 Å². The molecule has 0 radical (unpaired) electrons. The minimum absolute atomic E-state index is 0.225. The number of rotatable bonds is 2. The van der Waals surface area contributed by atoms with Gasteiger partial charge in [0.15, 0.2) is 0 Å². The molecule has 0 unspecified atom stereocenters. The van der Waals surface area contributed by atoms with E-state index in [0.717, 1.165) is 6.20 Å². The molecule has 0 aliphatic rings. The highest BCUT2D eigenvalue weighted by Crippen LogP contribution is 2.02. The maximum absolute atomic E-state index is 12.2. The average Bonchev–Trinajstić information content (AvgIpc) is 1.88. The van der Waals surface area contributed by atoms with Crippen molar-refractivity contribution >= 4 is 0 Å². The van der Waals surface area contributed by atoms with Crippen LogP contribution in [0.15, 0.2) is 12.4 Å². The first-order valence-electron chi connectivity index (χ1n) is 2.93. The van der Waals surface area contributed by atoms with Crippen molar-refractivity contribution < 1.29 is 9.13 Å². The van der Waals surface area contributed by atoms with E-state index < -0.39 is 5.95 Å². The number of hydrogen-bond donors (Lipinski definition) is 0. The van der Waals surface area contributed by atoms with Crippen molar-refractivity contribution in [1.82, 2.24) is 9.97 Å². The van der Waals surface area contributed by atoms with Gasteiger partial charge in [-0.15, -0.1) is 0 Å². The zero-order valence-electron chi connectivity index (χ0n) is 5.54. The maximum Gasteiger partial charge on any atom is 0.234 e. The van der Waals surface area contributed by atoms with Crippen LogP contribution in [-0.2, 0) is 0 Å². The SMILES string of the molecule is CCOc1cncc(F)n1. The molecule has 0 saturated heterocycles. The highest BCUT2D eigenvalue weighted by molar-refractivity contribution is 5.01. The summed E-state index contributed by atoms with van der Waals surface area (Å²) in [5, 5.41) is 0. The van der Waals surface area contributed by atoms with Gasteiger partial charge in [0.2, 0.25) is 11.8 Å². The molecular formula is C6H7FN2O. The molecule has 1 aromatic rings. The lowest BCUT2D eigenvalue weighted by atomic mass is 10.7. The zero-order chi connectivity index (χ0) is 7.40. The smallest absolute Gasteiger partial charge is 0.234 e. The first-order chi connectivity index (χ1) is 4.83. The molecule has 10 heavy (non-hydrogen) atoms. The van der Waals surface area contributed by atoms with Gasteiger partial charge in [-0.3, -0.25) is 4.98 Å². The molecule has 3 nitrogen and oxygen atoms in total. The zero-order valence-corrected chi connectivity index (χ0v) is 5.54. The first kappa shape index (κ1) is 6.92. The number of aromatic nitrogens is 2. The molecular weight excluding hydrogens is 135 g/mol. The normalized spacial score (nSPS) is 9.40. The second kappa shape index (κ2) is 3.10.